The van der Waals surface area contributed by atoms with Gasteiger partial charge in [0.1, 0.15) is 9.52 Å². The van der Waals surface area contributed by atoms with Crippen molar-refractivity contribution in [2.75, 3.05) is 0 Å². The molecular weight excluding hydrogens is 454 g/mol. The number of amides is 1. The van der Waals surface area contributed by atoms with Gasteiger partial charge in [-0.05, 0) is 12.8 Å². The molecule has 0 aliphatic heterocycles. The number of carbonyl (C=O) groups is 1. The van der Waals surface area contributed by atoms with Crippen LogP contribution >= 0.6 is 0 Å². The second kappa shape index (κ2) is 18.7. The number of hydrogen-bond donors (Lipinski definition) is 0. The van der Waals surface area contributed by atoms with Gasteiger partial charge in [0.05, 0.1) is 0 Å². The maximum Gasteiger partial charge on any atom is 2.00 e. The van der Waals surface area contributed by atoms with Gasteiger partial charge in [-0.3, -0.25) is 6.08 Å². The molecule has 0 heterocycles. The quantitative estimate of drug-likeness (QED) is 0.228. The van der Waals surface area contributed by atoms with E-state index in [1.807, 2.05) is 0 Å². The summed E-state index contributed by atoms with van der Waals surface area (Å²) < 4.78 is 0. The number of allylic oxidation sites excluding steroid dienone is 4. The first-order valence-electron chi connectivity index (χ1n) is 11.8. The third kappa shape index (κ3) is 14.2. The number of rotatable bonds is 8. The molecule has 2 aromatic rings. The predicted molar refractivity (Wildman–Crippen MR) is 142 cm³/mol. The molecule has 1 aliphatic carbocycles. The molecule has 2 nitrogen and oxygen atoms in total. The smallest absolute Gasteiger partial charge is 0.668 e. The van der Waals surface area contributed by atoms with Crippen molar-refractivity contribution in [2.45, 2.75) is 73.1 Å². The Bertz CT molecular complexity index is 809. The molecule has 1 N–H and O–H groups in total. The average Bonchev–Trinajstić information content (AvgIpc) is 3.01. The number of benzene rings is 2. The summed E-state index contributed by atoms with van der Waals surface area (Å²) in [5.74, 6) is 0.140. The summed E-state index contributed by atoms with van der Waals surface area (Å²) in [5.41, 5.74) is 10.9. The van der Waals surface area contributed by atoms with E-state index in [0.29, 0.717) is 12.3 Å². The van der Waals surface area contributed by atoms with Gasteiger partial charge in [-0.1, -0.05) is 130 Å². The standard InChI is InChI=1S/C12H11Si.C9H13.C8H17NO.Ti/c1-3-7-11(8-4-1)13-12-9-5-2-6-10-12;1-6-5-7(2)9(4)8(6)3;1-2-3-4-5-6-7-8(9)10;/h1-10,13H;6H,1-4H3;2-7H2,1H3,(H2,9,10);/q;-1;;+2/p-1. The van der Waals surface area contributed by atoms with E-state index in [-0.39, 0.29) is 31.2 Å². The van der Waals surface area contributed by atoms with Gasteiger partial charge in [-0.15, -0.1) is 6.92 Å². The summed E-state index contributed by atoms with van der Waals surface area (Å²) in [4.78, 5) is 10.1. The molecule has 0 saturated heterocycles. The SMILES string of the molecule is CC1=[C-]C(C)C(C)=C1C.CCCCCCCC([NH-])=O.[Ti+2].c1ccc([SiH]c2ccccc2)cc1. The zero-order chi connectivity index (χ0) is 23.8. The summed E-state index contributed by atoms with van der Waals surface area (Å²) in [7, 11) is 0.271. The van der Waals surface area contributed by atoms with Crippen LogP contribution in [0, 0.1) is 12.0 Å². The van der Waals surface area contributed by atoms with Crippen LogP contribution in [0.4, 0.5) is 0 Å². The van der Waals surface area contributed by atoms with Crippen molar-refractivity contribution < 1.29 is 26.5 Å². The Labute approximate surface area is 219 Å². The Kier molecular flexibility index (Phi) is 17.8. The van der Waals surface area contributed by atoms with E-state index >= 15 is 0 Å². The third-order valence-corrected chi connectivity index (χ3v) is 7.11. The van der Waals surface area contributed by atoms with E-state index in [1.165, 1.54) is 46.4 Å². The van der Waals surface area contributed by atoms with Gasteiger partial charge in [0.25, 0.3) is 0 Å². The van der Waals surface area contributed by atoms with Gasteiger partial charge in [0, 0.05) is 5.91 Å². The molecule has 175 valence electrons. The Hall–Kier alpha value is -1.68. The molecule has 1 unspecified atom stereocenters. The fourth-order valence-electron chi connectivity index (χ4n) is 3.34. The minimum absolute atomic E-state index is 0. The normalized spacial score (nSPS) is 14.2. The number of hydrogen-bond acceptors (Lipinski definition) is 1. The maximum absolute atomic E-state index is 10.1. The minimum atomic E-state index is -0.420. The average molecular weight is 495 g/mol. The summed E-state index contributed by atoms with van der Waals surface area (Å²) in [6.45, 7) is 10.8. The molecule has 0 bridgehead atoms. The zero-order valence-electron chi connectivity index (χ0n) is 21.1. The van der Waals surface area contributed by atoms with E-state index in [2.05, 4.69) is 101 Å². The molecule has 3 rings (SSSR count). The van der Waals surface area contributed by atoms with Crippen molar-refractivity contribution in [2.24, 2.45) is 5.92 Å². The fraction of sp³-hybridized carbons (Fsp3) is 0.414. The monoisotopic (exact) mass is 494 g/mol. The van der Waals surface area contributed by atoms with Crippen LogP contribution in [0.3, 0.4) is 0 Å². The van der Waals surface area contributed by atoms with Crippen molar-refractivity contribution in [1.29, 1.82) is 0 Å². The second-order valence-corrected chi connectivity index (χ2v) is 9.97. The van der Waals surface area contributed by atoms with Gasteiger partial charge in [0.2, 0.25) is 0 Å². The molecule has 33 heavy (non-hydrogen) atoms. The van der Waals surface area contributed by atoms with Crippen LogP contribution in [0.1, 0.15) is 73.1 Å². The first kappa shape index (κ1) is 31.3. The first-order chi connectivity index (χ1) is 15.3. The first-order valence-corrected chi connectivity index (χ1v) is 13.0. The molecule has 0 aromatic heterocycles. The summed E-state index contributed by atoms with van der Waals surface area (Å²) in [6, 6.07) is 21.3. The number of unbranched alkanes of at least 4 members (excludes halogenated alkanes) is 4. The van der Waals surface area contributed by atoms with Gasteiger partial charge in [-0.2, -0.15) is 11.1 Å². The maximum atomic E-state index is 10.1. The molecule has 2 aromatic carbocycles. The molecule has 1 radical (unpaired) electrons. The fourth-order valence-corrected chi connectivity index (χ4v) is 4.56. The van der Waals surface area contributed by atoms with E-state index < -0.39 is 5.91 Å². The molecule has 0 fully saturated rings. The molecular formula is C29H40NOSiTi. The van der Waals surface area contributed by atoms with Gasteiger partial charge < -0.3 is 10.5 Å². The van der Waals surface area contributed by atoms with Crippen molar-refractivity contribution in [3.05, 3.63) is 89.2 Å². The van der Waals surface area contributed by atoms with Crippen molar-refractivity contribution in [3.63, 3.8) is 0 Å². The Morgan fingerprint density at radius 1 is 0.879 bits per heavy atom. The molecule has 1 amide bonds. The predicted octanol–water partition coefficient (Wildman–Crippen LogP) is 6.72. The third-order valence-electron chi connectivity index (χ3n) is 5.68. The Balaban J connectivity index is 0.000000469. The van der Waals surface area contributed by atoms with Crippen LogP contribution in [0.25, 0.3) is 5.73 Å². The van der Waals surface area contributed by atoms with E-state index in [9.17, 15) is 4.79 Å². The summed E-state index contributed by atoms with van der Waals surface area (Å²) in [6.07, 6.45) is 9.52. The second-order valence-electron chi connectivity index (χ2n) is 8.35. The van der Waals surface area contributed by atoms with Crippen LogP contribution in [-0.2, 0) is 26.5 Å². The molecule has 0 saturated carbocycles. The summed E-state index contributed by atoms with van der Waals surface area (Å²) in [5, 5.41) is 2.90. The Morgan fingerprint density at radius 2 is 1.36 bits per heavy atom. The Morgan fingerprint density at radius 3 is 1.70 bits per heavy atom. The van der Waals surface area contributed by atoms with Crippen LogP contribution in [0.5, 0.6) is 0 Å². The molecule has 1 atom stereocenters. The number of carbonyl (C=O) groups excluding carboxylic acids is 1. The zero-order valence-corrected chi connectivity index (χ0v) is 23.8. The molecule has 1 aliphatic rings. The summed E-state index contributed by atoms with van der Waals surface area (Å²) >= 11 is 0. The van der Waals surface area contributed by atoms with Crippen molar-refractivity contribution in [1.82, 2.24) is 0 Å². The van der Waals surface area contributed by atoms with Gasteiger partial charge in [-0.25, -0.2) is 5.57 Å². The topological polar surface area (TPSA) is 40.9 Å². The largest absolute Gasteiger partial charge is 2.00 e. The van der Waals surface area contributed by atoms with Crippen LogP contribution < -0.4 is 10.4 Å². The van der Waals surface area contributed by atoms with Gasteiger partial charge in [0.15, 0.2) is 0 Å². The van der Waals surface area contributed by atoms with E-state index in [4.69, 9.17) is 5.73 Å². The van der Waals surface area contributed by atoms with E-state index in [0.717, 1.165) is 12.8 Å². The van der Waals surface area contributed by atoms with Crippen molar-refractivity contribution in [3.8, 4) is 0 Å². The molecule has 0 spiro atoms. The van der Waals surface area contributed by atoms with E-state index in [1.54, 1.807) is 0 Å². The minimum Gasteiger partial charge on any atom is -0.668 e. The van der Waals surface area contributed by atoms with Crippen LogP contribution in [0.2, 0.25) is 0 Å². The number of nitrogens with one attached hydrogen (secondary N) is 1. The van der Waals surface area contributed by atoms with Crippen LogP contribution in [0.15, 0.2) is 77.4 Å². The molecule has 4 heteroatoms. The van der Waals surface area contributed by atoms with Crippen molar-refractivity contribution >= 4 is 25.8 Å². The van der Waals surface area contributed by atoms with Gasteiger partial charge >= 0.3 is 21.7 Å². The van der Waals surface area contributed by atoms with Crippen LogP contribution in [-0.4, -0.2) is 15.4 Å².